The monoisotopic (exact) mass is 981 g/mol. The molecule has 0 bridgehead atoms. The number of carbonyl (C=O) groups is 9. The number of nitrogens with one attached hydrogen (secondary N) is 7. The third kappa shape index (κ3) is 20.2. The van der Waals surface area contributed by atoms with E-state index in [1.165, 1.54) is 26.8 Å². The van der Waals surface area contributed by atoms with Crippen LogP contribution >= 0.6 is 0 Å². The van der Waals surface area contributed by atoms with Gasteiger partial charge in [0.25, 0.3) is 5.91 Å². The van der Waals surface area contributed by atoms with Crippen molar-refractivity contribution in [3.8, 4) is 0 Å². The molecule has 1 aromatic rings. The third-order valence-electron chi connectivity index (χ3n) is 11.5. The van der Waals surface area contributed by atoms with E-state index in [0.717, 1.165) is 5.56 Å². The van der Waals surface area contributed by atoms with Gasteiger partial charge in [-0.1, -0.05) is 95.3 Å². The van der Waals surface area contributed by atoms with Gasteiger partial charge >= 0.3 is 11.9 Å². The van der Waals surface area contributed by atoms with E-state index < -0.39 is 120 Å². The van der Waals surface area contributed by atoms with Crippen LogP contribution in [0.4, 0.5) is 0 Å². The topological polar surface area (TPSA) is 352 Å². The van der Waals surface area contributed by atoms with Crippen molar-refractivity contribution in [2.75, 3.05) is 13.7 Å². The number of carbonyl (C=O) groups excluding carboxylic acids is 7. The molecule has 1 saturated heterocycles. The summed E-state index contributed by atoms with van der Waals surface area (Å²) in [6.45, 7) is 14.7. The zero-order chi connectivity index (χ0) is 52.8. The smallest absolute Gasteiger partial charge is 0.327 e. The third-order valence-corrected chi connectivity index (χ3v) is 11.5. The summed E-state index contributed by atoms with van der Waals surface area (Å²) < 4.78 is 5.81. The number of amides is 7. The van der Waals surface area contributed by atoms with Crippen LogP contribution in [0.25, 0.3) is 0 Å². The molecular weight excluding hydrogens is 909 g/mol. The number of methoxy groups -OCH3 is 1. The number of nitrogens with zero attached hydrogens (tertiary/aromatic N) is 1. The molecule has 1 aliphatic heterocycles. The van der Waals surface area contributed by atoms with Gasteiger partial charge in [-0.05, 0) is 57.4 Å². The van der Waals surface area contributed by atoms with Gasteiger partial charge in [-0.2, -0.15) is 0 Å². The van der Waals surface area contributed by atoms with Crippen LogP contribution in [0.2, 0.25) is 0 Å². The van der Waals surface area contributed by atoms with Gasteiger partial charge in [-0.15, -0.1) is 0 Å². The van der Waals surface area contributed by atoms with Crippen LogP contribution in [0.15, 0.2) is 71.4 Å². The van der Waals surface area contributed by atoms with Crippen molar-refractivity contribution in [1.29, 1.82) is 0 Å². The molecule has 0 aliphatic carbocycles. The SMILES string of the molecule is C=C1NC(=O)CC[C@H](C(=O)O)NC(=O)[C@@H](C)[C@H](/C=C/C(C)=C/[C@H](C)[C@H](Cc2ccccc2)OC)NC(=O)[C@H](CCCN=C(N)N)NC(=O)[C@@H](C)[C@H](C(=O)O)NC(=O)[C@H](CC(C)C)NC(=O)[C@@H](C)NC1=O. The van der Waals surface area contributed by atoms with Crippen molar-refractivity contribution < 1.29 is 58.1 Å². The fourth-order valence-electron chi connectivity index (χ4n) is 7.28. The number of rotatable bonds is 15. The molecule has 7 amide bonds. The number of aliphatic carboxylic acids is 2. The predicted molar refractivity (Wildman–Crippen MR) is 260 cm³/mol. The Morgan fingerprint density at radius 2 is 1.44 bits per heavy atom. The number of nitrogens with two attached hydrogens (primary N) is 2. The van der Waals surface area contributed by atoms with Crippen LogP contribution in [0.1, 0.15) is 86.1 Å². The van der Waals surface area contributed by atoms with Crippen LogP contribution in [-0.4, -0.2) is 125 Å². The Morgan fingerprint density at radius 1 is 0.829 bits per heavy atom. The summed E-state index contributed by atoms with van der Waals surface area (Å²) in [6.07, 6.45) is 4.59. The number of allylic oxidation sites excluding steroid dienone is 2. The zero-order valence-electron chi connectivity index (χ0n) is 41.2. The highest BCUT2D eigenvalue weighted by atomic mass is 16.5. The lowest BCUT2D eigenvalue weighted by atomic mass is 9.94. The molecule has 22 heteroatoms. The van der Waals surface area contributed by atoms with Crippen LogP contribution in [0, 0.1) is 23.7 Å². The van der Waals surface area contributed by atoms with E-state index in [4.69, 9.17) is 16.2 Å². The van der Waals surface area contributed by atoms with Gasteiger partial charge in [-0.25, -0.2) is 9.59 Å². The van der Waals surface area contributed by atoms with E-state index >= 15 is 0 Å². The molecule has 2 rings (SSSR count). The standard InChI is InChI=1S/C48H72N10O12/c1-25(2)22-36-45(65)58-39(47(68)69)29(6)41(61)55-34(16-13-21-51-48(49)50)44(64)54-33(18-17-26(3)23-27(4)37(70-9)24-32-14-11-10-12-15-32)28(5)40(60)56-35(46(66)67)19-20-38(59)52-30(7)42(62)53-31(8)43(63)57-36/h10-12,14-15,17-18,23,25,27-29,31,33-37,39H,7,13,16,19-22,24H2,1-6,8-9H3,(H,52,59)(H,53,62)(H,54,64)(H,55,61)(H,56,60)(H,57,63)(H,58,65)(H,66,67)(H,68,69)(H4,49,50,51)/b18-17+,26-23+/t27-,28-,29-,31+,33-,34-,35+,36-,37-,39+/m0/s1. The number of carboxylic acids is 2. The first kappa shape index (κ1) is 59.0. The van der Waals surface area contributed by atoms with Crippen molar-refractivity contribution in [2.45, 2.75) is 129 Å². The van der Waals surface area contributed by atoms with Crippen LogP contribution in [0.3, 0.4) is 0 Å². The van der Waals surface area contributed by atoms with E-state index in [2.05, 4.69) is 48.8 Å². The Hall–Kier alpha value is -7.10. The van der Waals surface area contributed by atoms with Gasteiger partial charge in [0.2, 0.25) is 35.4 Å². The molecule has 70 heavy (non-hydrogen) atoms. The van der Waals surface area contributed by atoms with Gasteiger partial charge in [0.15, 0.2) is 5.96 Å². The quantitative estimate of drug-likeness (QED) is 0.0370. The van der Waals surface area contributed by atoms with Crippen LogP contribution in [-0.2, 0) is 54.3 Å². The van der Waals surface area contributed by atoms with Crippen molar-refractivity contribution in [2.24, 2.45) is 40.1 Å². The average Bonchev–Trinajstić information content (AvgIpc) is 3.29. The van der Waals surface area contributed by atoms with Crippen molar-refractivity contribution in [3.05, 3.63) is 72.0 Å². The average molecular weight is 981 g/mol. The lowest BCUT2D eigenvalue weighted by Crippen LogP contribution is -2.59. The normalized spacial score (nSPS) is 25.4. The maximum absolute atomic E-state index is 14.3. The van der Waals surface area contributed by atoms with Crippen molar-refractivity contribution in [1.82, 2.24) is 37.2 Å². The second-order valence-corrected chi connectivity index (χ2v) is 17.9. The molecule has 0 spiro atoms. The van der Waals surface area contributed by atoms with Crippen LogP contribution < -0.4 is 48.7 Å². The number of carboxylic acid groups (broad SMARTS) is 2. The number of benzene rings is 1. The first-order valence-electron chi connectivity index (χ1n) is 23.1. The highest BCUT2D eigenvalue weighted by molar-refractivity contribution is 6.00. The lowest BCUT2D eigenvalue weighted by molar-refractivity contribution is -0.146. The van der Waals surface area contributed by atoms with Crippen LogP contribution in [0.5, 0.6) is 0 Å². The predicted octanol–water partition coefficient (Wildman–Crippen LogP) is 0.276. The molecule has 386 valence electrons. The molecule has 1 fully saturated rings. The van der Waals surface area contributed by atoms with E-state index in [9.17, 15) is 53.4 Å². The number of hydrogen-bond acceptors (Lipinski definition) is 11. The molecule has 1 aromatic carbocycles. The minimum atomic E-state index is -1.88. The molecule has 1 aliphatic rings. The molecule has 0 saturated carbocycles. The Morgan fingerprint density at radius 3 is 2.03 bits per heavy atom. The fourth-order valence-corrected chi connectivity index (χ4v) is 7.28. The number of hydrogen-bond donors (Lipinski definition) is 11. The number of aliphatic imine (C=N–C) groups is 1. The summed E-state index contributed by atoms with van der Waals surface area (Å²) in [5.74, 6) is -12.7. The highest BCUT2D eigenvalue weighted by Crippen LogP contribution is 2.19. The van der Waals surface area contributed by atoms with E-state index in [1.807, 2.05) is 43.3 Å². The summed E-state index contributed by atoms with van der Waals surface area (Å²) >= 11 is 0. The minimum absolute atomic E-state index is 0.00493. The van der Waals surface area contributed by atoms with Crippen molar-refractivity contribution >= 4 is 59.2 Å². The Bertz CT molecular complexity index is 2120. The highest BCUT2D eigenvalue weighted by Gasteiger charge is 2.37. The van der Waals surface area contributed by atoms with Gasteiger partial charge < -0.3 is 63.6 Å². The molecule has 0 unspecified atom stereocenters. The number of guanidine groups is 1. The summed E-state index contributed by atoms with van der Waals surface area (Å²) in [5.41, 5.74) is 12.3. The zero-order valence-corrected chi connectivity index (χ0v) is 41.2. The Kier molecular flexibility index (Phi) is 24.5. The molecule has 1 heterocycles. The first-order chi connectivity index (χ1) is 32.8. The van der Waals surface area contributed by atoms with Gasteiger partial charge in [-0.3, -0.25) is 38.6 Å². The van der Waals surface area contributed by atoms with E-state index in [-0.39, 0.29) is 49.7 Å². The second-order valence-electron chi connectivity index (χ2n) is 17.9. The Labute approximate surface area is 408 Å². The van der Waals surface area contributed by atoms with E-state index in [0.29, 0.717) is 12.0 Å². The van der Waals surface area contributed by atoms with Crippen molar-refractivity contribution in [3.63, 3.8) is 0 Å². The Balaban J connectivity index is 2.70. The first-order valence-corrected chi connectivity index (χ1v) is 23.1. The molecule has 10 atom stereocenters. The maximum Gasteiger partial charge on any atom is 0.327 e. The minimum Gasteiger partial charge on any atom is -0.480 e. The summed E-state index contributed by atoms with van der Waals surface area (Å²) in [5, 5.41) is 37.5. The molecule has 22 nitrogen and oxygen atoms in total. The maximum atomic E-state index is 14.3. The number of ether oxygens (including phenoxy) is 1. The molecule has 0 radical (unpaired) electrons. The molecular formula is C48H72N10O12. The van der Waals surface area contributed by atoms with Gasteiger partial charge in [0, 0.05) is 26.0 Å². The summed E-state index contributed by atoms with van der Waals surface area (Å²) in [4.78, 5) is 124. The molecule has 13 N–H and O–H groups in total. The van der Waals surface area contributed by atoms with Gasteiger partial charge in [0.05, 0.1) is 29.7 Å². The van der Waals surface area contributed by atoms with Gasteiger partial charge in [0.1, 0.15) is 30.2 Å². The van der Waals surface area contributed by atoms with E-state index in [1.54, 1.807) is 34.0 Å². The fraction of sp³-hybridized carbons (Fsp3) is 0.542. The largest absolute Gasteiger partial charge is 0.480 e. The second kappa shape index (κ2) is 29.0. The molecule has 0 aromatic heterocycles. The summed E-state index contributed by atoms with van der Waals surface area (Å²) in [7, 11) is 1.61. The summed E-state index contributed by atoms with van der Waals surface area (Å²) in [6, 6.07) is 0.990. The lowest BCUT2D eigenvalue weighted by Gasteiger charge is -2.28.